The van der Waals surface area contributed by atoms with E-state index in [9.17, 15) is 19.2 Å². The van der Waals surface area contributed by atoms with E-state index in [1.54, 1.807) is 0 Å². The van der Waals surface area contributed by atoms with E-state index in [1.807, 2.05) is 0 Å². The summed E-state index contributed by atoms with van der Waals surface area (Å²) in [6, 6.07) is 0. The molecule has 0 unspecified atom stereocenters. The van der Waals surface area contributed by atoms with E-state index in [4.69, 9.17) is 23.8 Å². The van der Waals surface area contributed by atoms with Gasteiger partial charge in [0.15, 0.2) is 5.78 Å². The number of hydrogen-bond donors (Lipinski definition) is 1. The number of ether oxygens (including phenoxy) is 4. The Morgan fingerprint density at radius 3 is 1.87 bits per heavy atom. The Morgan fingerprint density at radius 2 is 1.33 bits per heavy atom. The van der Waals surface area contributed by atoms with Gasteiger partial charge in [0.05, 0.1) is 71.2 Å². The first-order chi connectivity index (χ1) is 14.5. The molecule has 0 bridgehead atoms. The van der Waals surface area contributed by atoms with Crippen molar-refractivity contribution in [3.8, 4) is 0 Å². The van der Waals surface area contributed by atoms with Crippen LogP contribution in [0.15, 0.2) is 0 Å². The summed E-state index contributed by atoms with van der Waals surface area (Å²) in [6.45, 7) is 3.92. The molecule has 1 aliphatic rings. The lowest BCUT2D eigenvalue weighted by molar-refractivity contribution is -0.198. The van der Waals surface area contributed by atoms with Crippen molar-refractivity contribution in [3.63, 3.8) is 0 Å². The number of carbonyl (C=O) groups is 4. The third-order valence-corrected chi connectivity index (χ3v) is 4.29. The predicted octanol–water partition coefficient (Wildman–Crippen LogP) is -0.396. The van der Waals surface area contributed by atoms with E-state index < -0.39 is 17.8 Å². The first kappa shape index (κ1) is 26.6. The number of alkyl halides is 1. The molecule has 0 aromatic rings. The van der Waals surface area contributed by atoms with E-state index in [2.05, 4.69) is 21.2 Å². The third-order valence-electron chi connectivity index (χ3n) is 3.66. The fourth-order valence-corrected chi connectivity index (χ4v) is 2.34. The van der Waals surface area contributed by atoms with E-state index in [0.717, 1.165) is 0 Å². The Bertz CT molecular complexity index is 532. The Labute approximate surface area is 183 Å². The van der Waals surface area contributed by atoms with Crippen LogP contribution in [0.4, 0.5) is 0 Å². The second-order valence-corrected chi connectivity index (χ2v) is 6.65. The molecule has 0 aromatic heterocycles. The number of hydroxylamine groups is 2. The van der Waals surface area contributed by atoms with Crippen LogP contribution in [0.1, 0.15) is 19.3 Å². The van der Waals surface area contributed by atoms with E-state index >= 15 is 0 Å². The van der Waals surface area contributed by atoms with Gasteiger partial charge in [0, 0.05) is 19.4 Å². The standard InChI is InChI=1S/C18H29BrN2O9/c19-13-15(22)14-20-4-6-27-8-10-29-12-11-28-9-7-26-5-3-18(25)30-21-16(23)1-2-17(21)24/h20H,1-14H2. The molecule has 1 saturated heterocycles. The molecule has 1 rings (SSSR count). The highest BCUT2D eigenvalue weighted by molar-refractivity contribution is 9.09. The predicted molar refractivity (Wildman–Crippen MR) is 107 cm³/mol. The Morgan fingerprint density at radius 1 is 0.833 bits per heavy atom. The first-order valence-electron chi connectivity index (χ1n) is 9.70. The quantitative estimate of drug-likeness (QED) is 0.143. The molecular weight excluding hydrogens is 468 g/mol. The smallest absolute Gasteiger partial charge is 0.335 e. The molecule has 11 nitrogen and oxygen atoms in total. The maximum absolute atomic E-state index is 11.5. The van der Waals surface area contributed by atoms with Gasteiger partial charge in [0.25, 0.3) is 11.8 Å². The highest BCUT2D eigenvalue weighted by atomic mass is 79.9. The molecule has 1 aliphatic heterocycles. The third kappa shape index (κ3) is 13.0. The van der Waals surface area contributed by atoms with Crippen LogP contribution in [0.5, 0.6) is 0 Å². The number of rotatable bonds is 19. The fourth-order valence-electron chi connectivity index (χ4n) is 2.14. The summed E-state index contributed by atoms with van der Waals surface area (Å²) in [5.41, 5.74) is 0. The highest BCUT2D eigenvalue weighted by Gasteiger charge is 2.32. The van der Waals surface area contributed by atoms with Crippen LogP contribution in [0.3, 0.4) is 0 Å². The molecule has 0 aromatic carbocycles. The fraction of sp³-hybridized carbons (Fsp3) is 0.778. The van der Waals surface area contributed by atoms with Crippen molar-refractivity contribution in [2.45, 2.75) is 19.3 Å². The maximum atomic E-state index is 11.5. The van der Waals surface area contributed by atoms with Gasteiger partial charge in [-0.2, -0.15) is 0 Å². The number of amides is 2. The summed E-state index contributed by atoms with van der Waals surface area (Å²) in [4.78, 5) is 49.9. The molecule has 12 heteroatoms. The van der Waals surface area contributed by atoms with Gasteiger partial charge < -0.3 is 29.1 Å². The van der Waals surface area contributed by atoms with Crippen molar-refractivity contribution in [2.75, 3.05) is 71.3 Å². The lowest BCUT2D eigenvalue weighted by Crippen LogP contribution is -2.32. The summed E-state index contributed by atoms with van der Waals surface area (Å²) in [5, 5.41) is 3.83. The molecule has 0 radical (unpaired) electrons. The lowest BCUT2D eigenvalue weighted by atomic mass is 10.4. The Kier molecular flexibility index (Phi) is 15.3. The minimum Gasteiger partial charge on any atom is -0.378 e. The van der Waals surface area contributed by atoms with Crippen LogP contribution in [-0.4, -0.2) is 99.9 Å². The zero-order valence-electron chi connectivity index (χ0n) is 16.9. The van der Waals surface area contributed by atoms with Crippen LogP contribution >= 0.6 is 15.9 Å². The summed E-state index contributed by atoms with van der Waals surface area (Å²) in [5.74, 6) is -1.61. The molecule has 0 aliphatic carbocycles. The molecule has 0 saturated carbocycles. The minimum atomic E-state index is -0.696. The van der Waals surface area contributed by atoms with Gasteiger partial charge in [-0.3, -0.25) is 14.4 Å². The number of nitrogens with one attached hydrogen (secondary N) is 1. The maximum Gasteiger partial charge on any atom is 0.335 e. The Hall–Kier alpha value is -1.44. The molecule has 1 N–H and O–H groups in total. The molecule has 0 atom stereocenters. The second kappa shape index (κ2) is 17.3. The summed E-state index contributed by atoms with van der Waals surface area (Å²) < 4.78 is 21.2. The number of Topliss-reactive ketones (excluding diaryl/α,β-unsaturated/α-hetero) is 1. The average Bonchev–Trinajstić information content (AvgIpc) is 3.05. The number of ketones is 1. The SMILES string of the molecule is O=C(CBr)CNCCOCCOCCOCCOCCC(=O)ON1C(=O)CCC1=O. The van der Waals surface area contributed by atoms with Gasteiger partial charge in [-0.05, 0) is 0 Å². The van der Waals surface area contributed by atoms with Gasteiger partial charge in [-0.1, -0.05) is 15.9 Å². The van der Waals surface area contributed by atoms with Crippen molar-refractivity contribution in [1.29, 1.82) is 0 Å². The molecule has 1 fully saturated rings. The van der Waals surface area contributed by atoms with E-state index in [1.165, 1.54) is 0 Å². The van der Waals surface area contributed by atoms with E-state index in [0.29, 0.717) is 69.7 Å². The number of halogens is 1. The molecule has 2 amide bonds. The van der Waals surface area contributed by atoms with Crippen LogP contribution in [0.2, 0.25) is 0 Å². The minimum absolute atomic E-state index is 0.0646. The van der Waals surface area contributed by atoms with Crippen LogP contribution in [-0.2, 0) is 43.0 Å². The monoisotopic (exact) mass is 496 g/mol. The highest BCUT2D eigenvalue weighted by Crippen LogP contribution is 2.12. The Balaban J connectivity index is 1.78. The molecule has 172 valence electrons. The van der Waals surface area contributed by atoms with Crippen molar-refractivity contribution in [1.82, 2.24) is 10.4 Å². The van der Waals surface area contributed by atoms with Gasteiger partial charge in [-0.15, -0.1) is 5.06 Å². The first-order valence-corrected chi connectivity index (χ1v) is 10.8. The van der Waals surface area contributed by atoms with Crippen molar-refractivity contribution >= 4 is 39.5 Å². The zero-order valence-corrected chi connectivity index (χ0v) is 18.5. The number of hydrogen-bond acceptors (Lipinski definition) is 10. The number of nitrogens with zero attached hydrogens (tertiary/aromatic N) is 1. The molecule has 1 heterocycles. The van der Waals surface area contributed by atoms with Crippen LogP contribution < -0.4 is 5.32 Å². The summed E-state index contributed by atoms with van der Waals surface area (Å²) >= 11 is 3.09. The van der Waals surface area contributed by atoms with Gasteiger partial charge >= 0.3 is 5.97 Å². The normalized spacial score (nSPS) is 13.8. The molecular formula is C18H29BrN2O9. The van der Waals surface area contributed by atoms with Crippen molar-refractivity contribution < 1.29 is 43.0 Å². The number of carbonyl (C=O) groups excluding carboxylic acids is 4. The van der Waals surface area contributed by atoms with Crippen LogP contribution in [0.25, 0.3) is 0 Å². The van der Waals surface area contributed by atoms with Crippen molar-refractivity contribution in [3.05, 3.63) is 0 Å². The lowest BCUT2D eigenvalue weighted by Gasteiger charge is -2.12. The summed E-state index contributed by atoms with van der Waals surface area (Å²) in [6.07, 6.45) is 0.0623. The van der Waals surface area contributed by atoms with Crippen molar-refractivity contribution in [2.24, 2.45) is 0 Å². The van der Waals surface area contributed by atoms with Gasteiger partial charge in [0.1, 0.15) is 0 Å². The van der Waals surface area contributed by atoms with E-state index in [-0.39, 0.29) is 31.7 Å². The summed E-state index contributed by atoms with van der Waals surface area (Å²) in [7, 11) is 0. The molecule has 0 spiro atoms. The largest absolute Gasteiger partial charge is 0.378 e. The van der Waals surface area contributed by atoms with Gasteiger partial charge in [0.2, 0.25) is 0 Å². The van der Waals surface area contributed by atoms with Crippen LogP contribution in [0, 0.1) is 0 Å². The number of imide groups is 1. The average molecular weight is 497 g/mol. The van der Waals surface area contributed by atoms with Gasteiger partial charge in [-0.25, -0.2) is 4.79 Å². The zero-order chi connectivity index (χ0) is 22.0. The second-order valence-electron chi connectivity index (χ2n) is 6.09. The topological polar surface area (TPSA) is 130 Å². The molecule has 30 heavy (non-hydrogen) atoms.